The molecule has 3 N–H and O–H groups in total. The van der Waals surface area contributed by atoms with Gasteiger partial charge in [-0.2, -0.15) is 5.01 Å². The number of aromatic carboxylic acids is 1. The SMILES string of the molecule is CC1=C2C(=O)N(c3ccc(COO)cc3)N=C2N(c2cc(COO)cc(C(=O)O)c2)C(=O)C1=Nc1ccc(N(C)C)cc1. The third kappa shape index (κ3) is 5.65. The first-order valence-electron chi connectivity index (χ1n) is 13.0. The minimum absolute atomic E-state index is 0.0180. The molecule has 2 aliphatic rings. The van der Waals surface area contributed by atoms with Crippen LogP contribution in [0.1, 0.15) is 28.4 Å². The van der Waals surface area contributed by atoms with E-state index in [-0.39, 0.29) is 47.1 Å². The Hall–Kier alpha value is -5.21. The molecule has 43 heavy (non-hydrogen) atoms. The second-order valence-electron chi connectivity index (χ2n) is 9.96. The van der Waals surface area contributed by atoms with Crippen molar-refractivity contribution < 1.29 is 39.8 Å². The molecule has 2 heterocycles. The van der Waals surface area contributed by atoms with Gasteiger partial charge < -0.3 is 10.0 Å². The number of carboxylic acid groups (broad SMARTS) is 1. The molecule has 0 saturated heterocycles. The fourth-order valence-corrected chi connectivity index (χ4v) is 4.75. The maximum Gasteiger partial charge on any atom is 0.335 e. The quantitative estimate of drug-likeness (QED) is 0.246. The summed E-state index contributed by atoms with van der Waals surface area (Å²) in [5.41, 5.74) is 2.96. The molecule has 0 unspecified atom stereocenters. The molecule has 0 fully saturated rings. The second-order valence-corrected chi connectivity index (χ2v) is 9.96. The highest BCUT2D eigenvalue weighted by atomic mass is 17.1. The molecule has 0 spiro atoms. The molecule has 13 heteroatoms. The summed E-state index contributed by atoms with van der Waals surface area (Å²) in [6.07, 6.45) is 0. The van der Waals surface area contributed by atoms with Crippen LogP contribution in [-0.4, -0.2) is 59.0 Å². The molecule has 3 aromatic rings. The highest BCUT2D eigenvalue weighted by molar-refractivity contribution is 6.61. The predicted molar refractivity (Wildman–Crippen MR) is 158 cm³/mol. The van der Waals surface area contributed by atoms with Gasteiger partial charge in [0.2, 0.25) is 0 Å². The number of carboxylic acids is 1. The fraction of sp³-hybridized carbons (Fsp3) is 0.167. The summed E-state index contributed by atoms with van der Waals surface area (Å²) in [6.45, 7) is 1.21. The Bertz CT molecular complexity index is 1690. The second kappa shape index (κ2) is 12.0. The van der Waals surface area contributed by atoms with Crippen molar-refractivity contribution in [3.63, 3.8) is 0 Å². The van der Waals surface area contributed by atoms with Crippen LogP contribution >= 0.6 is 0 Å². The van der Waals surface area contributed by atoms with Gasteiger partial charge in [0.15, 0.2) is 5.84 Å². The minimum atomic E-state index is -1.27. The molecule has 13 nitrogen and oxygen atoms in total. The molecule has 2 aliphatic heterocycles. The summed E-state index contributed by atoms with van der Waals surface area (Å²) in [5, 5.41) is 33.2. The van der Waals surface area contributed by atoms with E-state index in [2.05, 4.69) is 19.9 Å². The Morgan fingerprint density at radius 1 is 0.884 bits per heavy atom. The largest absolute Gasteiger partial charge is 0.478 e. The number of hydrogen-bond acceptors (Lipinski definition) is 10. The van der Waals surface area contributed by atoms with E-state index < -0.39 is 17.8 Å². The number of amidine groups is 1. The Balaban J connectivity index is 1.69. The van der Waals surface area contributed by atoms with E-state index in [4.69, 9.17) is 10.5 Å². The number of hydrogen-bond donors (Lipinski definition) is 3. The molecule has 3 aromatic carbocycles. The minimum Gasteiger partial charge on any atom is -0.478 e. The lowest BCUT2D eigenvalue weighted by molar-refractivity contribution is -0.253. The molecule has 0 radical (unpaired) electrons. The zero-order chi connectivity index (χ0) is 30.8. The Kier molecular flexibility index (Phi) is 8.14. The maximum absolute atomic E-state index is 14.2. The molecule has 0 saturated carbocycles. The Morgan fingerprint density at radius 3 is 2.14 bits per heavy atom. The van der Waals surface area contributed by atoms with E-state index in [0.29, 0.717) is 22.5 Å². The standard InChI is InChI=1S/C30H27N5O8/c1-17-25-27(32-35(28(25)36)23-8-4-18(5-9-23)15-42-40)34(24-13-19(16-43-41)12-20(14-24)30(38)39)29(37)26(17)31-21-6-10-22(11-7-21)33(2)3/h4-14,40-41H,15-16H2,1-3H3,(H,38,39). The van der Waals surface area contributed by atoms with Crippen LogP contribution in [-0.2, 0) is 32.6 Å². The lowest BCUT2D eigenvalue weighted by atomic mass is 9.96. The van der Waals surface area contributed by atoms with Gasteiger partial charge in [-0.15, -0.1) is 5.10 Å². The van der Waals surface area contributed by atoms with E-state index in [9.17, 15) is 19.5 Å². The first kappa shape index (κ1) is 29.3. The summed E-state index contributed by atoms with van der Waals surface area (Å²) in [7, 11) is 3.79. The number of carbonyl (C=O) groups is 3. The molecule has 0 aromatic heterocycles. The van der Waals surface area contributed by atoms with Gasteiger partial charge in [-0.05, 0) is 78.2 Å². The van der Waals surface area contributed by atoms with Gasteiger partial charge in [0, 0.05) is 19.8 Å². The van der Waals surface area contributed by atoms with Crippen molar-refractivity contribution in [3.8, 4) is 0 Å². The van der Waals surface area contributed by atoms with Gasteiger partial charge in [-0.25, -0.2) is 19.6 Å². The number of hydrazone groups is 1. The van der Waals surface area contributed by atoms with Crippen LogP contribution in [0, 0.1) is 0 Å². The summed E-state index contributed by atoms with van der Waals surface area (Å²) >= 11 is 0. The summed E-state index contributed by atoms with van der Waals surface area (Å²) < 4.78 is 0. The van der Waals surface area contributed by atoms with E-state index in [0.717, 1.165) is 15.6 Å². The zero-order valence-electron chi connectivity index (χ0n) is 23.4. The third-order valence-corrected chi connectivity index (χ3v) is 6.91. The van der Waals surface area contributed by atoms with Crippen LogP contribution in [0.25, 0.3) is 0 Å². The van der Waals surface area contributed by atoms with Crippen molar-refractivity contribution in [3.05, 3.63) is 94.6 Å². The molecular weight excluding hydrogens is 558 g/mol. The normalized spacial score (nSPS) is 15.7. The monoisotopic (exact) mass is 585 g/mol. The average Bonchev–Trinajstić information content (AvgIpc) is 3.32. The van der Waals surface area contributed by atoms with Gasteiger partial charge in [0.05, 0.1) is 28.2 Å². The van der Waals surface area contributed by atoms with Crippen LogP contribution in [0.4, 0.5) is 22.7 Å². The molecule has 2 amide bonds. The Labute approximate surface area is 245 Å². The molecule has 5 rings (SSSR count). The van der Waals surface area contributed by atoms with Crippen molar-refractivity contribution >= 4 is 52.1 Å². The van der Waals surface area contributed by atoms with E-state index in [1.165, 1.54) is 18.2 Å². The van der Waals surface area contributed by atoms with Gasteiger partial charge in [0.1, 0.15) is 18.9 Å². The van der Waals surface area contributed by atoms with Crippen LogP contribution < -0.4 is 14.8 Å². The molecule has 220 valence electrons. The lowest BCUT2D eigenvalue weighted by Gasteiger charge is -2.28. The number of benzene rings is 3. The highest BCUT2D eigenvalue weighted by Gasteiger charge is 2.45. The van der Waals surface area contributed by atoms with Crippen molar-refractivity contribution in [1.29, 1.82) is 0 Å². The van der Waals surface area contributed by atoms with E-state index in [1.54, 1.807) is 43.3 Å². The van der Waals surface area contributed by atoms with Gasteiger partial charge in [-0.1, -0.05) is 12.1 Å². The van der Waals surface area contributed by atoms with Crippen LogP contribution in [0.3, 0.4) is 0 Å². The number of amides is 2. The molecule has 0 bridgehead atoms. The average molecular weight is 586 g/mol. The fourth-order valence-electron chi connectivity index (χ4n) is 4.75. The maximum atomic E-state index is 14.2. The number of aliphatic imine (C=N–C) groups is 1. The molecular formula is C30H27N5O8. The Morgan fingerprint density at radius 2 is 1.53 bits per heavy atom. The van der Waals surface area contributed by atoms with Crippen LogP contribution in [0.15, 0.2) is 88.0 Å². The third-order valence-electron chi connectivity index (χ3n) is 6.91. The number of nitrogens with zero attached hydrogens (tertiary/aromatic N) is 5. The first-order valence-corrected chi connectivity index (χ1v) is 13.0. The van der Waals surface area contributed by atoms with Gasteiger partial charge >= 0.3 is 5.97 Å². The van der Waals surface area contributed by atoms with Gasteiger partial charge in [0.25, 0.3) is 11.8 Å². The summed E-state index contributed by atoms with van der Waals surface area (Å²) in [6, 6.07) is 17.7. The van der Waals surface area contributed by atoms with Gasteiger partial charge in [-0.3, -0.25) is 25.0 Å². The van der Waals surface area contributed by atoms with Crippen molar-refractivity contribution in [2.75, 3.05) is 28.9 Å². The molecule has 0 aliphatic carbocycles. The number of anilines is 3. The topological polar surface area (TPSA) is 165 Å². The number of rotatable bonds is 9. The summed E-state index contributed by atoms with van der Waals surface area (Å²) in [5.74, 6) is -2.46. The number of carbonyl (C=O) groups excluding carboxylic acids is 2. The van der Waals surface area contributed by atoms with E-state index in [1.807, 2.05) is 31.1 Å². The van der Waals surface area contributed by atoms with Crippen LogP contribution in [0.5, 0.6) is 0 Å². The molecule has 0 atom stereocenters. The highest BCUT2D eigenvalue weighted by Crippen LogP contribution is 2.35. The van der Waals surface area contributed by atoms with Crippen molar-refractivity contribution in [2.24, 2.45) is 10.1 Å². The zero-order valence-corrected chi connectivity index (χ0v) is 23.4. The smallest absolute Gasteiger partial charge is 0.335 e. The van der Waals surface area contributed by atoms with Crippen molar-refractivity contribution in [2.45, 2.75) is 20.1 Å². The first-order chi connectivity index (χ1) is 20.6. The predicted octanol–water partition coefficient (Wildman–Crippen LogP) is 4.23. The summed E-state index contributed by atoms with van der Waals surface area (Å²) in [4.78, 5) is 56.0. The lowest BCUT2D eigenvalue weighted by Crippen LogP contribution is -2.47. The van der Waals surface area contributed by atoms with E-state index >= 15 is 0 Å². The number of fused-ring (bicyclic) bond motifs is 1. The van der Waals surface area contributed by atoms with Crippen molar-refractivity contribution in [1.82, 2.24) is 0 Å². The van der Waals surface area contributed by atoms with Crippen LogP contribution in [0.2, 0.25) is 0 Å².